The monoisotopic (exact) mass is 180 g/mol. The third-order valence-corrected chi connectivity index (χ3v) is 1.67. The predicted molar refractivity (Wildman–Crippen MR) is 43.8 cm³/mol. The molecule has 0 spiro atoms. The molecule has 0 saturated carbocycles. The molecule has 6 nitrogen and oxygen atoms in total. The molecule has 1 aromatic rings. The summed E-state index contributed by atoms with van der Waals surface area (Å²) in [5, 5.41) is 18.7. The van der Waals surface area contributed by atoms with Crippen LogP contribution in [0.3, 0.4) is 0 Å². The van der Waals surface area contributed by atoms with Gasteiger partial charge in [0, 0.05) is 6.04 Å². The Morgan fingerprint density at radius 1 is 1.92 bits per heavy atom. The Balaban J connectivity index is 2.80. The summed E-state index contributed by atoms with van der Waals surface area (Å²) < 4.78 is 1.56. The second kappa shape index (κ2) is 3.67. The summed E-state index contributed by atoms with van der Waals surface area (Å²) >= 11 is 0. The maximum Gasteiger partial charge on any atom is 0.381 e. The maximum absolute atomic E-state index is 10.3. The number of nitrogens with zero attached hydrogens (tertiary/aromatic N) is 4. The van der Waals surface area contributed by atoms with E-state index in [0.29, 0.717) is 6.42 Å². The molecule has 1 atom stereocenters. The van der Waals surface area contributed by atoms with Crippen LogP contribution < -0.4 is 0 Å². The van der Waals surface area contributed by atoms with E-state index in [4.69, 9.17) is 5.26 Å². The van der Waals surface area contributed by atoms with Gasteiger partial charge in [0.1, 0.15) is 6.20 Å². The lowest BCUT2D eigenvalue weighted by molar-refractivity contribution is -0.389. The van der Waals surface area contributed by atoms with Crippen LogP contribution in [0.5, 0.6) is 0 Å². The lowest BCUT2D eigenvalue weighted by atomic mass is 10.2. The summed E-state index contributed by atoms with van der Waals surface area (Å²) in [6, 6.07) is 1.91. The number of nitro groups is 1. The second-order valence-electron chi connectivity index (χ2n) is 2.65. The van der Waals surface area contributed by atoms with E-state index in [-0.39, 0.29) is 11.9 Å². The molecule has 1 aromatic heterocycles. The van der Waals surface area contributed by atoms with Gasteiger partial charge in [0.05, 0.1) is 12.5 Å². The Bertz CT molecular complexity index is 352. The lowest BCUT2D eigenvalue weighted by Crippen LogP contribution is -2.00. The van der Waals surface area contributed by atoms with Crippen molar-refractivity contribution in [2.24, 2.45) is 0 Å². The first-order valence-corrected chi connectivity index (χ1v) is 3.70. The highest BCUT2D eigenvalue weighted by Gasteiger charge is 2.12. The molecule has 1 heterocycles. The van der Waals surface area contributed by atoms with Crippen LogP contribution >= 0.6 is 0 Å². The minimum Gasteiger partial charge on any atom is -0.358 e. The van der Waals surface area contributed by atoms with Crippen molar-refractivity contribution in [3.8, 4) is 6.07 Å². The number of hydrogen-bond acceptors (Lipinski definition) is 4. The number of rotatable bonds is 3. The zero-order valence-corrected chi connectivity index (χ0v) is 7.04. The minimum atomic E-state index is -0.560. The normalized spacial score (nSPS) is 12.0. The highest BCUT2D eigenvalue weighted by atomic mass is 16.6. The molecule has 0 aliphatic heterocycles. The average molecular weight is 180 g/mol. The summed E-state index contributed by atoms with van der Waals surface area (Å²) in [5.41, 5.74) is 0. The summed E-state index contributed by atoms with van der Waals surface area (Å²) in [6.07, 6.45) is 3.00. The molecule has 0 aliphatic rings. The van der Waals surface area contributed by atoms with E-state index in [0.717, 1.165) is 0 Å². The highest BCUT2D eigenvalue weighted by molar-refractivity contribution is 5.13. The molecule has 0 radical (unpaired) electrons. The molecule has 0 aliphatic carbocycles. The van der Waals surface area contributed by atoms with Crippen LogP contribution in [0.4, 0.5) is 5.82 Å². The fraction of sp³-hybridized carbons (Fsp3) is 0.429. The highest BCUT2D eigenvalue weighted by Crippen LogP contribution is 2.13. The molecule has 1 rings (SSSR count). The van der Waals surface area contributed by atoms with Gasteiger partial charge in [0.15, 0.2) is 0 Å². The third-order valence-electron chi connectivity index (χ3n) is 1.67. The Morgan fingerprint density at radius 2 is 2.62 bits per heavy atom. The van der Waals surface area contributed by atoms with Crippen molar-refractivity contribution in [1.82, 2.24) is 9.55 Å². The SMILES string of the molecule is CC(CC#N)n1cnc([N+](=O)[O-])c1. The van der Waals surface area contributed by atoms with E-state index in [9.17, 15) is 10.1 Å². The first-order valence-electron chi connectivity index (χ1n) is 3.70. The van der Waals surface area contributed by atoms with E-state index in [1.165, 1.54) is 12.5 Å². The van der Waals surface area contributed by atoms with Crippen molar-refractivity contribution in [2.75, 3.05) is 0 Å². The Labute approximate surface area is 74.6 Å². The maximum atomic E-state index is 10.3. The molecule has 1 unspecified atom stereocenters. The van der Waals surface area contributed by atoms with E-state index < -0.39 is 4.92 Å². The number of hydrogen-bond donors (Lipinski definition) is 0. The number of aromatic nitrogens is 2. The molecule has 0 amide bonds. The van der Waals surface area contributed by atoms with Gasteiger partial charge < -0.3 is 14.7 Å². The molecule has 0 fully saturated rings. The molecule has 68 valence electrons. The van der Waals surface area contributed by atoms with Crippen molar-refractivity contribution in [3.05, 3.63) is 22.6 Å². The minimum absolute atomic E-state index is 0.0776. The first-order chi connectivity index (χ1) is 6.15. The van der Waals surface area contributed by atoms with Crippen LogP contribution in [0.25, 0.3) is 0 Å². The summed E-state index contributed by atoms with van der Waals surface area (Å²) in [4.78, 5) is 13.3. The van der Waals surface area contributed by atoms with Crippen LogP contribution in [-0.4, -0.2) is 14.5 Å². The van der Waals surface area contributed by atoms with Crippen molar-refractivity contribution in [2.45, 2.75) is 19.4 Å². The standard InChI is InChI=1S/C7H8N4O2/c1-6(2-3-8)10-4-7(9-5-10)11(12)13/h4-6H,2H2,1H3. The van der Waals surface area contributed by atoms with Crippen molar-refractivity contribution in [1.29, 1.82) is 5.26 Å². The molecule has 0 aromatic carbocycles. The van der Waals surface area contributed by atoms with Crippen LogP contribution in [-0.2, 0) is 0 Å². The van der Waals surface area contributed by atoms with Crippen molar-refractivity contribution in [3.63, 3.8) is 0 Å². The summed E-state index contributed by atoms with van der Waals surface area (Å²) in [5.74, 6) is -0.190. The Hall–Kier alpha value is -1.90. The Kier molecular flexibility index (Phi) is 2.59. The van der Waals surface area contributed by atoms with Gasteiger partial charge in [-0.25, -0.2) is 0 Å². The third kappa shape index (κ3) is 2.02. The molecule has 0 N–H and O–H groups in total. The fourth-order valence-electron chi connectivity index (χ4n) is 0.899. The fourth-order valence-corrected chi connectivity index (χ4v) is 0.899. The largest absolute Gasteiger partial charge is 0.381 e. The van der Waals surface area contributed by atoms with Crippen LogP contribution in [0, 0.1) is 21.4 Å². The Morgan fingerprint density at radius 3 is 3.08 bits per heavy atom. The van der Waals surface area contributed by atoms with Crippen LogP contribution in [0.2, 0.25) is 0 Å². The predicted octanol–water partition coefficient (Wildman–Crippen LogP) is 1.27. The molecule has 13 heavy (non-hydrogen) atoms. The number of imidazole rings is 1. The quantitative estimate of drug-likeness (QED) is 0.517. The van der Waals surface area contributed by atoms with Gasteiger partial charge in [-0.15, -0.1) is 0 Å². The summed E-state index contributed by atoms with van der Waals surface area (Å²) in [7, 11) is 0. The second-order valence-corrected chi connectivity index (χ2v) is 2.65. The molecular formula is C7H8N4O2. The van der Waals surface area contributed by atoms with E-state index in [1.54, 1.807) is 11.5 Å². The van der Waals surface area contributed by atoms with Crippen LogP contribution in [0.15, 0.2) is 12.5 Å². The zero-order valence-electron chi connectivity index (χ0n) is 7.04. The molecular weight excluding hydrogens is 172 g/mol. The van der Waals surface area contributed by atoms with Gasteiger partial charge in [-0.2, -0.15) is 5.26 Å². The number of nitriles is 1. The lowest BCUT2D eigenvalue weighted by Gasteiger charge is -2.04. The van der Waals surface area contributed by atoms with Crippen molar-refractivity contribution >= 4 is 5.82 Å². The van der Waals surface area contributed by atoms with Gasteiger partial charge in [0.25, 0.3) is 0 Å². The van der Waals surface area contributed by atoms with Gasteiger partial charge >= 0.3 is 5.82 Å². The molecule has 0 bridgehead atoms. The van der Waals surface area contributed by atoms with Gasteiger partial charge in [-0.3, -0.25) is 0 Å². The van der Waals surface area contributed by atoms with E-state index in [2.05, 4.69) is 4.98 Å². The summed E-state index contributed by atoms with van der Waals surface area (Å²) in [6.45, 7) is 1.80. The van der Waals surface area contributed by atoms with Crippen LogP contribution in [0.1, 0.15) is 19.4 Å². The van der Waals surface area contributed by atoms with Gasteiger partial charge in [-0.1, -0.05) is 0 Å². The van der Waals surface area contributed by atoms with Gasteiger partial charge in [0.2, 0.25) is 6.33 Å². The van der Waals surface area contributed by atoms with E-state index in [1.807, 2.05) is 6.07 Å². The smallest absolute Gasteiger partial charge is 0.358 e. The average Bonchev–Trinajstić information content (AvgIpc) is 2.52. The molecule has 0 saturated heterocycles. The topological polar surface area (TPSA) is 84.8 Å². The van der Waals surface area contributed by atoms with Gasteiger partial charge in [-0.05, 0) is 16.8 Å². The van der Waals surface area contributed by atoms with E-state index >= 15 is 0 Å². The first kappa shape index (κ1) is 9.19. The zero-order chi connectivity index (χ0) is 9.84. The molecule has 6 heteroatoms. The van der Waals surface area contributed by atoms with Crippen molar-refractivity contribution < 1.29 is 4.92 Å².